The minimum Gasteiger partial charge on any atom is -0.454 e. The minimum atomic E-state index is 0.329. The molecule has 7 heteroatoms. The maximum atomic E-state index is 6.26. The fraction of sp³-hybridized carbons (Fsp3) is 0.433. The molecule has 1 N–H and O–H groups in total. The Hall–Kier alpha value is -3.35. The number of nitrogens with zero attached hydrogens (tertiary/aromatic N) is 3. The van der Waals surface area contributed by atoms with E-state index in [-0.39, 0.29) is 0 Å². The molecule has 1 saturated carbocycles. The van der Waals surface area contributed by atoms with Crippen LogP contribution in [0.3, 0.4) is 0 Å². The Kier molecular flexibility index (Phi) is 8.39. The van der Waals surface area contributed by atoms with Crippen LogP contribution in [0.5, 0.6) is 11.5 Å². The topological polar surface area (TPSA) is 68.1 Å². The highest BCUT2D eigenvalue weighted by Gasteiger charge is 2.24. The zero-order chi connectivity index (χ0) is 25.5. The Balaban J connectivity index is 1.26. The van der Waals surface area contributed by atoms with E-state index in [4.69, 9.17) is 22.3 Å². The van der Waals surface area contributed by atoms with Crippen molar-refractivity contribution in [2.24, 2.45) is 21.8 Å². The first-order chi connectivity index (χ1) is 18.2. The zero-order valence-electron chi connectivity index (χ0n) is 21.7. The van der Waals surface area contributed by atoms with Gasteiger partial charge in [-0.3, -0.25) is 15.0 Å². The number of allylic oxidation sites excluding steroid dienone is 3. The molecule has 0 bridgehead atoms. The first-order valence-corrected chi connectivity index (χ1v) is 13.4. The van der Waals surface area contributed by atoms with Crippen LogP contribution in [0.1, 0.15) is 56.6 Å². The van der Waals surface area contributed by atoms with E-state index in [1.165, 1.54) is 31.2 Å². The number of benzene rings is 1. The van der Waals surface area contributed by atoms with Crippen LogP contribution in [0.25, 0.3) is 0 Å². The highest BCUT2D eigenvalue weighted by atomic mass is 16.7. The number of aliphatic imine (C=N–C) groups is 2. The molecule has 1 fully saturated rings. The predicted molar refractivity (Wildman–Crippen MR) is 149 cm³/mol. The third-order valence-electron chi connectivity index (χ3n) is 7.58. The molecule has 0 amide bonds. The highest BCUT2D eigenvalue weighted by Crippen LogP contribution is 2.38. The van der Waals surface area contributed by atoms with Gasteiger partial charge in [0.2, 0.25) is 6.79 Å². The average molecular weight is 494 g/mol. The van der Waals surface area contributed by atoms with Gasteiger partial charge in [0, 0.05) is 48.2 Å². The molecule has 3 heterocycles. The van der Waals surface area contributed by atoms with Gasteiger partial charge < -0.3 is 14.8 Å². The molecule has 2 aromatic rings. The molecular formula is C30H35BN4O2. The number of rotatable bonds is 7. The van der Waals surface area contributed by atoms with E-state index in [2.05, 4.69) is 39.6 Å². The van der Waals surface area contributed by atoms with E-state index in [0.29, 0.717) is 37.2 Å². The van der Waals surface area contributed by atoms with Gasteiger partial charge in [0.15, 0.2) is 11.5 Å². The first kappa shape index (κ1) is 25.3. The summed E-state index contributed by atoms with van der Waals surface area (Å²) < 4.78 is 11.3. The summed E-state index contributed by atoms with van der Waals surface area (Å²) in [4.78, 5) is 13.8. The number of pyridine rings is 1. The summed E-state index contributed by atoms with van der Waals surface area (Å²) in [6.45, 7) is 3.56. The van der Waals surface area contributed by atoms with Crippen LogP contribution >= 0.6 is 0 Å². The van der Waals surface area contributed by atoms with Gasteiger partial charge in [-0.1, -0.05) is 36.5 Å². The number of aromatic nitrogens is 1. The number of aryl methyl sites for hydroxylation is 1. The van der Waals surface area contributed by atoms with Crippen molar-refractivity contribution < 1.29 is 9.47 Å². The largest absolute Gasteiger partial charge is 0.454 e. The lowest BCUT2D eigenvalue weighted by Crippen LogP contribution is -2.20. The predicted octanol–water partition coefficient (Wildman–Crippen LogP) is 5.54. The van der Waals surface area contributed by atoms with Crippen molar-refractivity contribution in [2.45, 2.75) is 58.4 Å². The van der Waals surface area contributed by atoms with Gasteiger partial charge in [0.1, 0.15) is 7.85 Å². The Bertz CT molecular complexity index is 1210. The van der Waals surface area contributed by atoms with Crippen molar-refractivity contribution in [1.82, 2.24) is 10.3 Å². The van der Waals surface area contributed by atoms with Gasteiger partial charge in [0.05, 0.1) is 6.54 Å². The summed E-state index contributed by atoms with van der Waals surface area (Å²) in [5, 5.41) is 3.56. The Morgan fingerprint density at radius 3 is 2.92 bits per heavy atom. The molecule has 1 aromatic heterocycles. The van der Waals surface area contributed by atoms with Gasteiger partial charge >= 0.3 is 0 Å². The molecule has 0 spiro atoms. The average Bonchev–Trinajstić information content (AvgIpc) is 3.31. The molecular weight excluding hydrogens is 459 g/mol. The van der Waals surface area contributed by atoms with Gasteiger partial charge in [-0.25, -0.2) is 0 Å². The lowest BCUT2D eigenvalue weighted by Gasteiger charge is -2.18. The van der Waals surface area contributed by atoms with Gasteiger partial charge in [-0.2, -0.15) is 0 Å². The lowest BCUT2D eigenvalue weighted by molar-refractivity contribution is 0.173. The second-order valence-corrected chi connectivity index (χ2v) is 10.2. The SMILES string of the molecule is [B]\C1=C(C)/N=C(C2CCCC(CCc3cccc4c3OCO4)CC2)\C=C(\NCc2cccnc2)CN=C1. The smallest absolute Gasteiger partial charge is 0.231 e. The van der Waals surface area contributed by atoms with E-state index in [1.807, 2.05) is 25.3 Å². The van der Waals surface area contributed by atoms with Crippen molar-refractivity contribution in [3.63, 3.8) is 0 Å². The molecule has 2 radical (unpaired) electrons. The van der Waals surface area contributed by atoms with Crippen LogP contribution in [0.2, 0.25) is 0 Å². The van der Waals surface area contributed by atoms with Crippen LogP contribution < -0.4 is 14.8 Å². The highest BCUT2D eigenvalue weighted by molar-refractivity contribution is 6.33. The molecule has 190 valence electrons. The number of hydrogen-bond acceptors (Lipinski definition) is 6. The van der Waals surface area contributed by atoms with Crippen molar-refractivity contribution >= 4 is 19.8 Å². The first-order valence-electron chi connectivity index (χ1n) is 13.4. The molecule has 5 rings (SSSR count). The number of hydrogen-bond donors (Lipinski definition) is 1. The summed E-state index contributed by atoms with van der Waals surface area (Å²) in [7, 11) is 6.26. The quantitative estimate of drug-likeness (QED) is 0.406. The normalized spacial score (nSPS) is 26.6. The monoisotopic (exact) mass is 494 g/mol. The minimum absolute atomic E-state index is 0.329. The molecule has 1 aliphatic carbocycles. The molecule has 3 aliphatic rings. The fourth-order valence-electron chi connectivity index (χ4n) is 5.39. The van der Waals surface area contributed by atoms with Crippen LogP contribution in [0.15, 0.2) is 75.7 Å². The second-order valence-electron chi connectivity index (χ2n) is 10.2. The number of ether oxygens (including phenoxy) is 2. The maximum absolute atomic E-state index is 6.26. The lowest BCUT2D eigenvalue weighted by atomic mass is 9.90. The van der Waals surface area contributed by atoms with Crippen molar-refractivity contribution in [2.75, 3.05) is 13.3 Å². The van der Waals surface area contributed by atoms with Crippen molar-refractivity contribution in [3.8, 4) is 11.5 Å². The summed E-state index contributed by atoms with van der Waals surface area (Å²) in [5.41, 5.74) is 6.05. The maximum Gasteiger partial charge on any atom is 0.231 e. The van der Waals surface area contributed by atoms with Gasteiger partial charge in [0.25, 0.3) is 0 Å². The van der Waals surface area contributed by atoms with Crippen molar-refractivity contribution in [1.29, 1.82) is 0 Å². The van der Waals surface area contributed by atoms with Crippen LogP contribution in [-0.2, 0) is 13.0 Å². The standard InChI is InChI=1S/C30H35BN4O2/c1-21-27(31)19-33-18-26(34-17-23-6-4-14-32-16-23)15-28(35-21)24-7-2-5-22(10-12-24)11-13-25-8-3-9-29-30(25)37-20-36-29/h3-4,6,8-9,14-16,19,22,24,34H,2,5,7,10-13,17-18,20H2,1H3/b26-15+,27-21-,33-19?,35-28+. The Labute approximate surface area is 221 Å². The van der Waals surface area contributed by atoms with Crippen LogP contribution in [-0.4, -0.2) is 38.1 Å². The molecule has 1 aromatic carbocycles. The number of fused-ring (bicyclic) bond motifs is 1. The Morgan fingerprint density at radius 2 is 2.03 bits per heavy atom. The van der Waals surface area contributed by atoms with Crippen molar-refractivity contribution in [3.05, 3.63) is 76.8 Å². The van der Waals surface area contributed by atoms with E-state index in [9.17, 15) is 0 Å². The fourth-order valence-corrected chi connectivity index (χ4v) is 5.39. The molecule has 2 unspecified atom stereocenters. The number of para-hydroxylation sites is 1. The third kappa shape index (κ3) is 6.70. The summed E-state index contributed by atoms with van der Waals surface area (Å²) in [6.07, 6.45) is 15.8. The molecule has 0 saturated heterocycles. The van der Waals surface area contributed by atoms with E-state index in [1.54, 1.807) is 12.4 Å². The van der Waals surface area contributed by atoms with Crippen LogP contribution in [0.4, 0.5) is 0 Å². The molecule has 2 aliphatic heterocycles. The van der Waals surface area contributed by atoms with E-state index in [0.717, 1.165) is 53.4 Å². The van der Waals surface area contributed by atoms with Gasteiger partial charge in [-0.15, -0.1) is 0 Å². The Morgan fingerprint density at radius 1 is 1.08 bits per heavy atom. The zero-order valence-corrected chi connectivity index (χ0v) is 21.7. The summed E-state index contributed by atoms with van der Waals surface area (Å²) >= 11 is 0. The third-order valence-corrected chi connectivity index (χ3v) is 7.58. The summed E-state index contributed by atoms with van der Waals surface area (Å²) in [6, 6.07) is 10.3. The molecule has 6 nitrogen and oxygen atoms in total. The van der Waals surface area contributed by atoms with Gasteiger partial charge in [-0.05, 0) is 74.3 Å². The van der Waals surface area contributed by atoms with E-state index < -0.39 is 0 Å². The van der Waals surface area contributed by atoms with Crippen LogP contribution in [0, 0.1) is 11.8 Å². The molecule has 37 heavy (non-hydrogen) atoms. The number of nitrogens with one attached hydrogen (secondary N) is 1. The second kappa shape index (κ2) is 12.3. The summed E-state index contributed by atoms with van der Waals surface area (Å²) in [5.74, 6) is 2.94. The molecule has 2 atom stereocenters. The van der Waals surface area contributed by atoms with E-state index >= 15 is 0 Å².